The largest absolute Gasteiger partial charge is 0.481 e. The summed E-state index contributed by atoms with van der Waals surface area (Å²) in [6.07, 6.45) is 0.107. The van der Waals surface area contributed by atoms with Crippen LogP contribution in [0.4, 0.5) is 4.79 Å². The van der Waals surface area contributed by atoms with Gasteiger partial charge in [0.25, 0.3) is 0 Å². The molecule has 1 heterocycles. The van der Waals surface area contributed by atoms with Crippen molar-refractivity contribution in [1.82, 2.24) is 14.7 Å². The molecular formula is C12H21N3O5. The Bertz CT molecular complexity index is 366. The van der Waals surface area contributed by atoms with Crippen LogP contribution in [0.1, 0.15) is 6.42 Å². The quantitative estimate of drug-likeness (QED) is 0.673. The molecule has 8 heteroatoms. The van der Waals surface area contributed by atoms with Crippen LogP contribution >= 0.6 is 0 Å². The van der Waals surface area contributed by atoms with Crippen LogP contribution in [0.15, 0.2) is 0 Å². The first-order chi connectivity index (χ1) is 9.43. The van der Waals surface area contributed by atoms with Gasteiger partial charge in [-0.2, -0.15) is 0 Å². The molecule has 8 nitrogen and oxygen atoms in total. The molecule has 0 aromatic carbocycles. The number of nitrogens with zero attached hydrogens (tertiary/aromatic N) is 3. The van der Waals surface area contributed by atoms with Gasteiger partial charge in [0.2, 0.25) is 0 Å². The number of piperazine rings is 1. The summed E-state index contributed by atoms with van der Waals surface area (Å²) in [6.45, 7) is 2.77. The van der Waals surface area contributed by atoms with Crippen LogP contribution in [-0.2, 0) is 14.3 Å². The second-order valence-electron chi connectivity index (χ2n) is 4.69. The molecule has 0 spiro atoms. The molecule has 1 saturated heterocycles. The van der Waals surface area contributed by atoms with Crippen LogP contribution in [0.5, 0.6) is 0 Å². The minimum Gasteiger partial charge on any atom is -0.481 e. The van der Waals surface area contributed by atoms with Crippen LogP contribution in [0, 0.1) is 0 Å². The molecular weight excluding hydrogens is 266 g/mol. The number of carboxylic acid groups (broad SMARTS) is 1. The molecule has 1 aliphatic heterocycles. The van der Waals surface area contributed by atoms with Gasteiger partial charge in [-0.25, -0.2) is 4.79 Å². The standard InChI is InChI=1S/C12H21N3O5/c1-13(9-11(18)20-2)12(19)15-7-5-14(6-8-15)4-3-10(16)17/h3-9H2,1-2H3,(H,16,17). The molecule has 1 fully saturated rings. The van der Waals surface area contributed by atoms with E-state index in [0.717, 1.165) is 0 Å². The van der Waals surface area contributed by atoms with E-state index in [1.807, 2.05) is 4.90 Å². The number of urea groups is 1. The Kier molecular flexibility index (Phi) is 6.23. The van der Waals surface area contributed by atoms with Gasteiger partial charge in [-0.1, -0.05) is 0 Å². The molecule has 114 valence electrons. The Labute approximate surface area is 117 Å². The van der Waals surface area contributed by atoms with Gasteiger partial charge in [0.15, 0.2) is 0 Å². The number of hydrogen-bond donors (Lipinski definition) is 1. The molecule has 1 aliphatic rings. The van der Waals surface area contributed by atoms with Gasteiger partial charge in [-0.15, -0.1) is 0 Å². The van der Waals surface area contributed by atoms with Gasteiger partial charge in [-0.05, 0) is 0 Å². The maximum atomic E-state index is 12.1. The molecule has 1 N–H and O–H groups in total. The highest BCUT2D eigenvalue weighted by molar-refractivity contribution is 5.80. The predicted octanol–water partition coefficient (Wildman–Crippen LogP) is -0.696. The second-order valence-corrected chi connectivity index (χ2v) is 4.69. The predicted molar refractivity (Wildman–Crippen MR) is 70.3 cm³/mol. The van der Waals surface area contributed by atoms with Gasteiger partial charge in [0, 0.05) is 39.8 Å². The maximum Gasteiger partial charge on any atom is 0.325 e. The number of likely N-dealkylation sites (N-methyl/N-ethyl adjacent to an activating group) is 1. The number of methoxy groups -OCH3 is 1. The third-order valence-corrected chi connectivity index (χ3v) is 3.21. The van der Waals surface area contributed by atoms with Gasteiger partial charge >= 0.3 is 18.0 Å². The summed E-state index contributed by atoms with van der Waals surface area (Å²) >= 11 is 0. The fourth-order valence-corrected chi connectivity index (χ4v) is 1.98. The van der Waals surface area contributed by atoms with Crippen molar-refractivity contribution >= 4 is 18.0 Å². The molecule has 0 aromatic rings. The average Bonchev–Trinajstić information content (AvgIpc) is 2.44. The Morgan fingerprint density at radius 1 is 1.20 bits per heavy atom. The number of carbonyl (C=O) groups excluding carboxylic acids is 2. The molecule has 0 bridgehead atoms. The third-order valence-electron chi connectivity index (χ3n) is 3.21. The zero-order valence-corrected chi connectivity index (χ0v) is 11.9. The Morgan fingerprint density at radius 3 is 2.30 bits per heavy atom. The highest BCUT2D eigenvalue weighted by Crippen LogP contribution is 2.05. The third kappa shape index (κ3) is 5.04. The fourth-order valence-electron chi connectivity index (χ4n) is 1.98. The van der Waals surface area contributed by atoms with Crippen molar-refractivity contribution in [2.24, 2.45) is 0 Å². The van der Waals surface area contributed by atoms with E-state index < -0.39 is 11.9 Å². The molecule has 0 unspecified atom stereocenters. The van der Waals surface area contributed by atoms with Crippen molar-refractivity contribution in [2.75, 3.05) is 53.4 Å². The van der Waals surface area contributed by atoms with Crippen molar-refractivity contribution in [3.8, 4) is 0 Å². The van der Waals surface area contributed by atoms with E-state index >= 15 is 0 Å². The lowest BCUT2D eigenvalue weighted by atomic mass is 10.3. The molecule has 0 aliphatic carbocycles. The molecule has 1 rings (SSSR count). The Morgan fingerprint density at radius 2 is 1.80 bits per heavy atom. The van der Waals surface area contributed by atoms with E-state index in [1.165, 1.54) is 12.0 Å². The lowest BCUT2D eigenvalue weighted by Gasteiger charge is -2.36. The van der Waals surface area contributed by atoms with Crippen LogP contribution in [-0.4, -0.2) is 91.2 Å². The highest BCUT2D eigenvalue weighted by Gasteiger charge is 2.24. The Hall–Kier alpha value is -1.83. The number of hydrogen-bond acceptors (Lipinski definition) is 5. The monoisotopic (exact) mass is 287 g/mol. The van der Waals surface area contributed by atoms with Gasteiger partial charge in [-0.3, -0.25) is 14.5 Å². The molecule has 2 amide bonds. The zero-order chi connectivity index (χ0) is 15.1. The number of amides is 2. The minimum absolute atomic E-state index is 0.0748. The zero-order valence-electron chi connectivity index (χ0n) is 11.9. The topological polar surface area (TPSA) is 90.4 Å². The van der Waals surface area contributed by atoms with E-state index in [0.29, 0.717) is 32.7 Å². The van der Waals surface area contributed by atoms with Gasteiger partial charge in [0.05, 0.1) is 13.5 Å². The van der Waals surface area contributed by atoms with Crippen LogP contribution in [0.2, 0.25) is 0 Å². The van der Waals surface area contributed by atoms with Gasteiger partial charge in [0.1, 0.15) is 6.54 Å². The van der Waals surface area contributed by atoms with E-state index in [4.69, 9.17) is 5.11 Å². The molecule has 20 heavy (non-hydrogen) atoms. The van der Waals surface area contributed by atoms with E-state index in [2.05, 4.69) is 4.74 Å². The lowest BCUT2D eigenvalue weighted by Crippen LogP contribution is -2.53. The summed E-state index contributed by atoms with van der Waals surface area (Å²) in [5.74, 6) is -1.28. The van der Waals surface area contributed by atoms with Crippen LogP contribution in [0.25, 0.3) is 0 Å². The van der Waals surface area contributed by atoms with Crippen LogP contribution in [0.3, 0.4) is 0 Å². The van der Waals surface area contributed by atoms with Crippen molar-refractivity contribution < 1.29 is 24.2 Å². The Balaban J connectivity index is 2.35. The normalized spacial score (nSPS) is 15.8. The highest BCUT2D eigenvalue weighted by atomic mass is 16.5. The summed E-state index contributed by atoms with van der Waals surface area (Å²) in [7, 11) is 2.83. The summed E-state index contributed by atoms with van der Waals surface area (Å²) in [5.41, 5.74) is 0. The lowest BCUT2D eigenvalue weighted by molar-refractivity contribution is -0.141. The molecule has 0 atom stereocenters. The van der Waals surface area contributed by atoms with E-state index in [-0.39, 0.29) is 19.0 Å². The van der Waals surface area contributed by atoms with Crippen molar-refractivity contribution in [2.45, 2.75) is 6.42 Å². The summed E-state index contributed by atoms with van der Waals surface area (Å²) in [5, 5.41) is 8.62. The van der Waals surface area contributed by atoms with Crippen molar-refractivity contribution in [1.29, 1.82) is 0 Å². The SMILES string of the molecule is COC(=O)CN(C)C(=O)N1CCN(CCC(=O)O)CC1. The first kappa shape index (κ1) is 16.2. The van der Waals surface area contributed by atoms with Crippen molar-refractivity contribution in [3.63, 3.8) is 0 Å². The number of rotatable bonds is 5. The first-order valence-corrected chi connectivity index (χ1v) is 6.45. The molecule has 0 radical (unpaired) electrons. The first-order valence-electron chi connectivity index (χ1n) is 6.45. The fraction of sp³-hybridized carbons (Fsp3) is 0.750. The number of ether oxygens (including phenoxy) is 1. The van der Waals surface area contributed by atoms with Crippen molar-refractivity contribution in [3.05, 3.63) is 0 Å². The minimum atomic E-state index is -0.818. The van der Waals surface area contributed by atoms with Crippen LogP contribution < -0.4 is 0 Å². The summed E-state index contributed by atoms with van der Waals surface area (Å²) in [6, 6.07) is -0.215. The van der Waals surface area contributed by atoms with E-state index in [1.54, 1.807) is 11.9 Å². The van der Waals surface area contributed by atoms with Gasteiger partial charge < -0.3 is 19.6 Å². The summed E-state index contributed by atoms with van der Waals surface area (Å²) in [4.78, 5) is 38.6. The average molecular weight is 287 g/mol. The number of esters is 1. The van der Waals surface area contributed by atoms with E-state index in [9.17, 15) is 14.4 Å². The number of carboxylic acids is 1. The molecule has 0 aromatic heterocycles. The number of aliphatic carboxylic acids is 1. The molecule has 0 saturated carbocycles. The smallest absolute Gasteiger partial charge is 0.325 e. The maximum absolute atomic E-state index is 12.1. The number of carbonyl (C=O) groups is 3. The second kappa shape index (κ2) is 7.68. The summed E-state index contributed by atoms with van der Waals surface area (Å²) < 4.78 is 4.51.